The van der Waals surface area contributed by atoms with Crippen molar-refractivity contribution in [3.63, 3.8) is 0 Å². The molecule has 0 amide bonds. The van der Waals surface area contributed by atoms with E-state index in [2.05, 4.69) is 4.72 Å². The van der Waals surface area contributed by atoms with Gasteiger partial charge in [-0.1, -0.05) is 18.2 Å². The van der Waals surface area contributed by atoms with Gasteiger partial charge in [-0.25, -0.2) is 21.6 Å². The predicted octanol–water partition coefficient (Wildman–Crippen LogP) is 0.130. The summed E-state index contributed by atoms with van der Waals surface area (Å²) in [5.74, 6) is 0. The quantitative estimate of drug-likeness (QED) is 0.784. The smallest absolute Gasteiger partial charge is 0.215 e. The van der Waals surface area contributed by atoms with Crippen LogP contribution in [0, 0.1) is 0 Å². The Morgan fingerprint density at radius 3 is 2.63 bits per heavy atom. The Morgan fingerprint density at radius 2 is 2.00 bits per heavy atom. The van der Waals surface area contributed by atoms with Gasteiger partial charge in [0.1, 0.15) is 0 Å². The third-order valence-corrected chi connectivity index (χ3v) is 5.56. The molecule has 0 unspecified atom stereocenters. The first-order chi connectivity index (χ1) is 8.81. The fraction of sp³-hybridized carbons (Fsp3) is 0.455. The lowest BCUT2D eigenvalue weighted by molar-refractivity contribution is 0.417. The Bertz CT molecular complexity index is 668. The van der Waals surface area contributed by atoms with E-state index in [0.29, 0.717) is 24.4 Å². The lowest BCUT2D eigenvalue weighted by atomic mass is 10.2. The van der Waals surface area contributed by atoms with Gasteiger partial charge in [0.25, 0.3) is 0 Å². The first kappa shape index (κ1) is 14.4. The molecule has 1 N–H and O–H groups in total. The van der Waals surface area contributed by atoms with Crippen LogP contribution in [0.25, 0.3) is 0 Å². The van der Waals surface area contributed by atoms with Crippen LogP contribution in [0.5, 0.6) is 0 Å². The maximum absolute atomic E-state index is 12.2. The van der Waals surface area contributed by atoms with E-state index in [1.807, 2.05) is 6.07 Å². The second-order valence-corrected chi connectivity index (χ2v) is 8.21. The Morgan fingerprint density at radius 1 is 1.32 bits per heavy atom. The average Bonchev–Trinajstić information content (AvgIpc) is 2.56. The summed E-state index contributed by atoms with van der Waals surface area (Å²) in [7, 11) is -6.63. The van der Waals surface area contributed by atoms with E-state index in [9.17, 15) is 16.8 Å². The van der Waals surface area contributed by atoms with E-state index in [1.165, 1.54) is 4.31 Å². The summed E-state index contributed by atoms with van der Waals surface area (Å²) in [6, 6.07) is 6.90. The minimum Gasteiger partial charge on any atom is -0.215 e. The highest BCUT2D eigenvalue weighted by Crippen LogP contribution is 2.29. The minimum absolute atomic E-state index is 0.237. The van der Waals surface area contributed by atoms with E-state index in [0.717, 1.165) is 11.8 Å². The van der Waals surface area contributed by atoms with Crippen LogP contribution in [-0.4, -0.2) is 40.5 Å². The third kappa shape index (κ3) is 3.33. The first-order valence-electron chi connectivity index (χ1n) is 5.83. The van der Waals surface area contributed by atoms with Crippen molar-refractivity contribution in [2.75, 3.05) is 19.3 Å². The van der Waals surface area contributed by atoms with E-state index in [1.54, 1.807) is 18.2 Å². The highest BCUT2D eigenvalue weighted by Gasteiger charge is 2.33. The first-order valence-corrected chi connectivity index (χ1v) is 9.16. The largest absolute Gasteiger partial charge is 0.243 e. The van der Waals surface area contributed by atoms with Gasteiger partial charge in [0, 0.05) is 19.6 Å². The Hall–Kier alpha value is -0.960. The van der Waals surface area contributed by atoms with Crippen LogP contribution in [0.15, 0.2) is 29.2 Å². The molecule has 0 saturated heterocycles. The van der Waals surface area contributed by atoms with Crippen molar-refractivity contribution in [2.45, 2.75) is 17.9 Å². The molecular weight excluding hydrogens is 288 g/mol. The molecule has 1 aliphatic rings. The fourth-order valence-corrected chi connectivity index (χ4v) is 4.20. The number of fused-ring (bicyclic) bond motifs is 1. The summed E-state index contributed by atoms with van der Waals surface area (Å²) < 4.78 is 49.8. The molecule has 1 aromatic rings. The molecule has 0 atom stereocenters. The predicted molar refractivity (Wildman–Crippen MR) is 71.5 cm³/mol. The molecule has 0 fully saturated rings. The maximum atomic E-state index is 12.2. The molecular formula is C11H16N2O4S2. The fourth-order valence-electron chi connectivity index (χ4n) is 2.01. The highest BCUT2D eigenvalue weighted by molar-refractivity contribution is 7.89. The van der Waals surface area contributed by atoms with Gasteiger partial charge in [-0.3, -0.25) is 0 Å². The van der Waals surface area contributed by atoms with Crippen LogP contribution in [-0.2, 0) is 26.6 Å². The molecule has 106 valence electrons. The molecule has 8 heteroatoms. The van der Waals surface area contributed by atoms with Crippen molar-refractivity contribution in [3.05, 3.63) is 29.8 Å². The number of rotatable bonds is 5. The molecule has 0 saturated carbocycles. The van der Waals surface area contributed by atoms with Crippen LogP contribution in [0.1, 0.15) is 12.0 Å². The van der Waals surface area contributed by atoms with E-state index >= 15 is 0 Å². The number of hydrogen-bond donors (Lipinski definition) is 1. The zero-order valence-electron chi connectivity index (χ0n) is 10.5. The van der Waals surface area contributed by atoms with Gasteiger partial charge in [0.2, 0.25) is 20.0 Å². The summed E-state index contributed by atoms with van der Waals surface area (Å²) in [6.07, 6.45) is 1.52. The van der Waals surface area contributed by atoms with Crippen LogP contribution in [0.2, 0.25) is 0 Å². The zero-order chi connectivity index (χ0) is 14.1. The van der Waals surface area contributed by atoms with Gasteiger partial charge in [-0.15, -0.1) is 0 Å². The standard InChI is InChI=1S/C11H16N2O4S2/c1-18(14,15)12-7-4-8-13-9-10-5-2-3-6-11(10)19(13,16)17/h2-3,5-6,12H,4,7-9H2,1H3. The SMILES string of the molecule is CS(=O)(=O)NCCCN1Cc2ccccc2S1(=O)=O. The van der Waals surface area contributed by atoms with Gasteiger partial charge >= 0.3 is 0 Å². The Kier molecular flexibility index (Phi) is 3.95. The molecule has 0 aromatic heterocycles. The molecule has 1 aromatic carbocycles. The maximum Gasteiger partial charge on any atom is 0.243 e. The minimum atomic E-state index is -3.41. The summed E-state index contributed by atoms with van der Waals surface area (Å²) in [5.41, 5.74) is 0.790. The second-order valence-electron chi connectivity index (χ2n) is 4.47. The number of hydrogen-bond acceptors (Lipinski definition) is 4. The summed E-state index contributed by atoms with van der Waals surface area (Å²) in [6.45, 7) is 0.901. The molecule has 0 spiro atoms. The molecule has 1 aliphatic heterocycles. The molecule has 6 nitrogen and oxygen atoms in total. The number of benzene rings is 1. The molecule has 1 heterocycles. The third-order valence-electron chi connectivity index (χ3n) is 2.89. The molecule has 0 bridgehead atoms. The molecule has 19 heavy (non-hydrogen) atoms. The van der Waals surface area contributed by atoms with Crippen LogP contribution < -0.4 is 4.72 Å². The normalized spacial score (nSPS) is 18.4. The topological polar surface area (TPSA) is 83.6 Å². The van der Waals surface area contributed by atoms with Gasteiger partial charge in [-0.2, -0.15) is 4.31 Å². The van der Waals surface area contributed by atoms with E-state index < -0.39 is 20.0 Å². The Labute approximate surface area is 113 Å². The lowest BCUT2D eigenvalue weighted by Gasteiger charge is -2.14. The van der Waals surface area contributed by atoms with Gasteiger partial charge < -0.3 is 0 Å². The Balaban J connectivity index is 1.98. The molecule has 0 radical (unpaired) electrons. The number of sulfonamides is 2. The van der Waals surface area contributed by atoms with Gasteiger partial charge in [0.15, 0.2) is 0 Å². The number of nitrogens with zero attached hydrogens (tertiary/aromatic N) is 1. The van der Waals surface area contributed by atoms with Crippen LogP contribution >= 0.6 is 0 Å². The highest BCUT2D eigenvalue weighted by atomic mass is 32.2. The summed E-state index contributed by atoms with van der Waals surface area (Å²) in [4.78, 5) is 0.353. The zero-order valence-corrected chi connectivity index (χ0v) is 12.2. The van der Waals surface area contributed by atoms with Gasteiger partial charge in [0.05, 0.1) is 11.2 Å². The summed E-state index contributed by atoms with van der Waals surface area (Å²) >= 11 is 0. The van der Waals surface area contributed by atoms with Crippen molar-refractivity contribution in [3.8, 4) is 0 Å². The monoisotopic (exact) mass is 304 g/mol. The molecule has 0 aliphatic carbocycles. The van der Waals surface area contributed by atoms with Crippen LogP contribution in [0.4, 0.5) is 0 Å². The second kappa shape index (κ2) is 5.20. The number of nitrogens with one attached hydrogen (secondary N) is 1. The van der Waals surface area contributed by atoms with Crippen molar-refractivity contribution >= 4 is 20.0 Å². The average molecular weight is 304 g/mol. The van der Waals surface area contributed by atoms with Crippen molar-refractivity contribution in [1.82, 2.24) is 9.03 Å². The van der Waals surface area contributed by atoms with E-state index in [-0.39, 0.29) is 6.54 Å². The van der Waals surface area contributed by atoms with Crippen molar-refractivity contribution in [2.24, 2.45) is 0 Å². The molecule has 2 rings (SSSR count). The summed E-state index contributed by atoms with van der Waals surface area (Å²) in [5, 5.41) is 0. The van der Waals surface area contributed by atoms with Crippen LogP contribution in [0.3, 0.4) is 0 Å². The van der Waals surface area contributed by atoms with Gasteiger partial charge in [-0.05, 0) is 18.1 Å². The van der Waals surface area contributed by atoms with Crippen molar-refractivity contribution in [1.29, 1.82) is 0 Å². The van der Waals surface area contributed by atoms with Crippen molar-refractivity contribution < 1.29 is 16.8 Å². The lowest BCUT2D eigenvalue weighted by Crippen LogP contribution is -2.29. The van der Waals surface area contributed by atoms with E-state index in [4.69, 9.17) is 0 Å².